The van der Waals surface area contributed by atoms with Crippen LogP contribution >= 0.6 is 0 Å². The van der Waals surface area contributed by atoms with Gasteiger partial charge in [-0.2, -0.15) is 0 Å². The predicted molar refractivity (Wildman–Crippen MR) is 82.6 cm³/mol. The Hall–Kier alpha value is -2.29. The van der Waals surface area contributed by atoms with Gasteiger partial charge in [-0.1, -0.05) is 44.2 Å². The molecule has 21 heavy (non-hydrogen) atoms. The van der Waals surface area contributed by atoms with Crippen LogP contribution in [-0.4, -0.2) is 16.6 Å². The molecule has 0 saturated carbocycles. The molecule has 1 aromatic carbocycles. The van der Waals surface area contributed by atoms with Crippen molar-refractivity contribution in [3.05, 3.63) is 53.2 Å². The van der Waals surface area contributed by atoms with Gasteiger partial charge in [0.1, 0.15) is 0 Å². The minimum absolute atomic E-state index is 0.107. The molecule has 0 unspecified atom stereocenters. The average Bonchev–Trinajstić information content (AvgIpc) is 2.75. The van der Waals surface area contributed by atoms with Gasteiger partial charge in [0.2, 0.25) is 0 Å². The predicted octanol–water partition coefficient (Wildman–Crippen LogP) is 3.66. The van der Waals surface area contributed by atoms with Crippen LogP contribution in [0.4, 0.5) is 0 Å². The standard InChI is InChI=1S/C18H16N2O/c1-18(2)9-14-16-12(17(21)20-15(16)10-18)8-13(19-14)11-6-4-3-5-7-11/h3-8H,9-10H2,1-2H3. The van der Waals surface area contributed by atoms with Crippen LogP contribution in [0.2, 0.25) is 0 Å². The molecular weight excluding hydrogens is 260 g/mol. The molecule has 2 aliphatic rings. The fraction of sp³-hybridized carbons (Fsp3) is 0.278. The number of aliphatic imine (C=N–C) groups is 1. The van der Waals surface area contributed by atoms with E-state index in [1.165, 1.54) is 0 Å². The van der Waals surface area contributed by atoms with E-state index in [2.05, 4.69) is 18.8 Å². The fourth-order valence-electron chi connectivity index (χ4n) is 3.31. The molecule has 1 aromatic heterocycles. The van der Waals surface area contributed by atoms with Crippen molar-refractivity contribution in [3.63, 3.8) is 0 Å². The molecule has 104 valence electrons. The second kappa shape index (κ2) is 4.10. The van der Waals surface area contributed by atoms with Gasteiger partial charge >= 0.3 is 0 Å². The van der Waals surface area contributed by atoms with Gasteiger partial charge in [-0.25, -0.2) is 4.99 Å². The summed E-state index contributed by atoms with van der Waals surface area (Å²) in [4.78, 5) is 21.3. The Kier molecular flexibility index (Phi) is 2.43. The number of hydrogen-bond acceptors (Lipinski definition) is 2. The van der Waals surface area contributed by atoms with E-state index in [1.807, 2.05) is 36.4 Å². The van der Waals surface area contributed by atoms with Crippen molar-refractivity contribution in [2.75, 3.05) is 0 Å². The van der Waals surface area contributed by atoms with Gasteiger partial charge in [-0.05, 0) is 24.3 Å². The van der Waals surface area contributed by atoms with E-state index in [-0.39, 0.29) is 11.3 Å². The highest BCUT2D eigenvalue weighted by atomic mass is 16.1. The highest BCUT2D eigenvalue weighted by Gasteiger charge is 2.37. The summed E-state index contributed by atoms with van der Waals surface area (Å²) >= 11 is 0. The van der Waals surface area contributed by atoms with Crippen molar-refractivity contribution in [1.82, 2.24) is 4.98 Å². The maximum atomic E-state index is 12.2. The lowest BCUT2D eigenvalue weighted by atomic mass is 9.75. The van der Waals surface area contributed by atoms with Crippen LogP contribution in [0.3, 0.4) is 0 Å². The maximum Gasteiger partial charge on any atom is 0.278 e. The monoisotopic (exact) mass is 276 g/mol. The van der Waals surface area contributed by atoms with E-state index in [0.29, 0.717) is 0 Å². The first-order chi connectivity index (χ1) is 10.0. The van der Waals surface area contributed by atoms with Gasteiger partial charge in [0.25, 0.3) is 5.91 Å². The van der Waals surface area contributed by atoms with E-state index < -0.39 is 0 Å². The minimum Gasteiger partial charge on any atom is -0.267 e. The third kappa shape index (κ3) is 1.92. The zero-order valence-electron chi connectivity index (χ0n) is 12.2. The molecule has 2 aromatic rings. The van der Waals surface area contributed by atoms with E-state index in [4.69, 9.17) is 4.98 Å². The molecule has 3 heteroatoms. The number of hydrogen-bond donors (Lipinski definition) is 0. The number of carbonyl (C=O) groups is 1. The molecule has 0 atom stereocenters. The highest BCUT2D eigenvalue weighted by molar-refractivity contribution is 6.22. The van der Waals surface area contributed by atoms with Gasteiger partial charge in [-0.3, -0.25) is 9.78 Å². The second-order valence-corrected chi connectivity index (χ2v) is 6.62. The van der Waals surface area contributed by atoms with Crippen LogP contribution in [0.1, 0.15) is 41.9 Å². The van der Waals surface area contributed by atoms with E-state index >= 15 is 0 Å². The highest BCUT2D eigenvalue weighted by Crippen LogP contribution is 2.39. The lowest BCUT2D eigenvalue weighted by molar-refractivity contribution is 0.101. The van der Waals surface area contributed by atoms with Gasteiger partial charge in [-0.15, -0.1) is 0 Å². The number of carbonyl (C=O) groups excluding carboxylic acids is 1. The summed E-state index contributed by atoms with van der Waals surface area (Å²) < 4.78 is 0. The number of nitrogens with zero attached hydrogens (tertiary/aromatic N) is 2. The van der Waals surface area contributed by atoms with Crippen LogP contribution < -0.4 is 0 Å². The quantitative estimate of drug-likeness (QED) is 0.797. The van der Waals surface area contributed by atoms with Crippen LogP contribution in [0.15, 0.2) is 41.4 Å². The molecule has 0 N–H and O–H groups in total. The van der Waals surface area contributed by atoms with Crippen LogP contribution in [0.25, 0.3) is 11.3 Å². The van der Waals surface area contributed by atoms with Crippen molar-refractivity contribution >= 4 is 11.6 Å². The summed E-state index contributed by atoms with van der Waals surface area (Å²) in [5.41, 5.74) is 5.69. The number of pyridine rings is 1. The van der Waals surface area contributed by atoms with Crippen molar-refractivity contribution in [2.24, 2.45) is 10.4 Å². The first-order valence-corrected chi connectivity index (χ1v) is 7.25. The van der Waals surface area contributed by atoms with E-state index in [9.17, 15) is 4.79 Å². The zero-order chi connectivity index (χ0) is 14.6. The summed E-state index contributed by atoms with van der Waals surface area (Å²) in [6.45, 7) is 4.41. The Balaban J connectivity index is 1.94. The fourth-order valence-corrected chi connectivity index (χ4v) is 3.31. The van der Waals surface area contributed by atoms with Crippen LogP contribution in [0, 0.1) is 5.41 Å². The molecule has 2 heterocycles. The van der Waals surface area contributed by atoms with E-state index in [1.54, 1.807) is 0 Å². The van der Waals surface area contributed by atoms with Crippen LogP contribution in [0.5, 0.6) is 0 Å². The summed E-state index contributed by atoms with van der Waals surface area (Å²) in [5.74, 6) is -0.112. The lowest BCUT2D eigenvalue weighted by Crippen LogP contribution is -2.27. The largest absolute Gasteiger partial charge is 0.278 e. The molecule has 0 bridgehead atoms. The number of aromatic nitrogens is 1. The topological polar surface area (TPSA) is 42.3 Å². The first kappa shape index (κ1) is 12.5. The van der Waals surface area contributed by atoms with Crippen LogP contribution in [-0.2, 0) is 6.42 Å². The second-order valence-electron chi connectivity index (χ2n) is 6.62. The summed E-state index contributed by atoms with van der Waals surface area (Å²) in [6.07, 6.45) is 1.74. The zero-order valence-corrected chi connectivity index (χ0v) is 12.2. The van der Waals surface area contributed by atoms with Crippen molar-refractivity contribution in [1.29, 1.82) is 0 Å². The van der Waals surface area contributed by atoms with Crippen molar-refractivity contribution < 1.29 is 4.79 Å². The molecule has 0 spiro atoms. The molecule has 0 radical (unpaired) electrons. The van der Waals surface area contributed by atoms with Gasteiger partial charge in [0.15, 0.2) is 0 Å². The van der Waals surface area contributed by atoms with Gasteiger partial charge < -0.3 is 0 Å². The average molecular weight is 276 g/mol. The Labute approximate surface area is 123 Å². The Morgan fingerprint density at radius 1 is 1.10 bits per heavy atom. The van der Waals surface area contributed by atoms with Crippen molar-refractivity contribution in [2.45, 2.75) is 26.7 Å². The summed E-state index contributed by atoms with van der Waals surface area (Å²) in [5, 5.41) is 0. The molecule has 1 aliphatic carbocycles. The summed E-state index contributed by atoms with van der Waals surface area (Å²) in [7, 11) is 0. The number of rotatable bonds is 1. The van der Waals surface area contributed by atoms with Gasteiger partial charge in [0.05, 0.1) is 22.7 Å². The van der Waals surface area contributed by atoms with Gasteiger partial charge in [0, 0.05) is 11.1 Å². The third-order valence-electron chi connectivity index (χ3n) is 4.21. The molecular formula is C18H16N2O. The Morgan fingerprint density at radius 2 is 1.86 bits per heavy atom. The number of amides is 1. The number of benzene rings is 1. The molecule has 1 aliphatic heterocycles. The lowest BCUT2D eigenvalue weighted by Gasteiger charge is -2.30. The Bertz CT molecular complexity index is 788. The smallest absolute Gasteiger partial charge is 0.267 e. The summed E-state index contributed by atoms with van der Waals surface area (Å²) in [6, 6.07) is 11.9. The third-order valence-corrected chi connectivity index (χ3v) is 4.21. The SMILES string of the molecule is CC1(C)CC2=NC(=O)c3cc(-c4ccccc4)nc(c32)C1. The molecule has 3 nitrogen and oxygen atoms in total. The van der Waals surface area contributed by atoms with Crippen molar-refractivity contribution in [3.8, 4) is 11.3 Å². The molecule has 1 amide bonds. The molecule has 0 fully saturated rings. The first-order valence-electron chi connectivity index (χ1n) is 7.25. The minimum atomic E-state index is -0.112. The molecule has 4 rings (SSSR count). The normalized spacial score (nSPS) is 18.4. The maximum absolute atomic E-state index is 12.2. The Morgan fingerprint density at radius 3 is 2.62 bits per heavy atom. The molecule has 0 saturated heterocycles. The van der Waals surface area contributed by atoms with E-state index in [0.717, 1.165) is 46.6 Å².